The van der Waals surface area contributed by atoms with Gasteiger partial charge in [-0.1, -0.05) is 18.5 Å². The first-order valence-corrected chi connectivity index (χ1v) is 7.70. The minimum absolute atomic E-state index is 0.138. The number of likely N-dealkylation sites (tertiary alicyclic amines) is 1. The highest BCUT2D eigenvalue weighted by atomic mass is 35.5. The van der Waals surface area contributed by atoms with Gasteiger partial charge < -0.3 is 9.55 Å². The van der Waals surface area contributed by atoms with Gasteiger partial charge in [-0.25, -0.2) is 4.39 Å². The number of aromatic amines is 1. The van der Waals surface area contributed by atoms with Crippen molar-refractivity contribution in [1.29, 1.82) is 0 Å². The van der Waals surface area contributed by atoms with Crippen LogP contribution < -0.4 is 0 Å². The van der Waals surface area contributed by atoms with E-state index < -0.39 is 5.82 Å². The van der Waals surface area contributed by atoms with Crippen LogP contribution >= 0.6 is 23.8 Å². The van der Waals surface area contributed by atoms with E-state index in [1.165, 1.54) is 18.9 Å². The number of H-pyrrole nitrogens is 1. The van der Waals surface area contributed by atoms with E-state index in [1.807, 2.05) is 4.57 Å². The highest BCUT2D eigenvalue weighted by Gasteiger charge is 2.24. The second kappa shape index (κ2) is 5.47. The summed E-state index contributed by atoms with van der Waals surface area (Å²) in [6.07, 6.45) is 2.40. The second-order valence-electron chi connectivity index (χ2n) is 5.25. The lowest BCUT2D eigenvalue weighted by Crippen LogP contribution is -2.32. The molecule has 0 amide bonds. The normalized spacial score (nSPS) is 20.1. The molecule has 1 fully saturated rings. The first kappa shape index (κ1) is 14.0. The van der Waals surface area contributed by atoms with Crippen LogP contribution in [0, 0.1) is 10.6 Å². The fourth-order valence-corrected chi connectivity index (χ4v) is 3.50. The molecule has 0 radical (unpaired) electrons. The third kappa shape index (κ3) is 2.38. The third-order valence-corrected chi connectivity index (χ3v) is 4.73. The molecule has 1 atom stereocenters. The van der Waals surface area contributed by atoms with Crippen molar-refractivity contribution in [2.45, 2.75) is 32.4 Å². The van der Waals surface area contributed by atoms with Gasteiger partial charge in [0.15, 0.2) is 4.77 Å². The lowest BCUT2D eigenvalue weighted by atomic mass is 10.2. The predicted octanol–water partition coefficient (Wildman–Crippen LogP) is 3.98. The molecule has 1 aromatic heterocycles. The molecule has 1 unspecified atom stereocenters. The Kier molecular flexibility index (Phi) is 3.84. The molecule has 20 heavy (non-hydrogen) atoms. The maximum Gasteiger partial charge on any atom is 0.178 e. The Morgan fingerprint density at radius 2 is 2.30 bits per heavy atom. The van der Waals surface area contributed by atoms with Crippen molar-refractivity contribution in [3.8, 4) is 0 Å². The average Bonchev–Trinajstić information content (AvgIpc) is 2.97. The zero-order chi connectivity index (χ0) is 14.3. The Morgan fingerprint density at radius 3 is 3.05 bits per heavy atom. The Hall–Kier alpha value is -0.910. The van der Waals surface area contributed by atoms with E-state index in [9.17, 15) is 4.39 Å². The number of hydrogen-bond donors (Lipinski definition) is 1. The maximum absolute atomic E-state index is 13.5. The average molecular weight is 314 g/mol. The van der Waals surface area contributed by atoms with Crippen molar-refractivity contribution >= 4 is 34.9 Å². The van der Waals surface area contributed by atoms with Gasteiger partial charge in [0.25, 0.3) is 0 Å². The van der Waals surface area contributed by atoms with Gasteiger partial charge in [0.2, 0.25) is 0 Å². The summed E-state index contributed by atoms with van der Waals surface area (Å²) in [4.78, 5) is 5.53. The smallest absolute Gasteiger partial charge is 0.178 e. The largest absolute Gasteiger partial charge is 0.330 e. The van der Waals surface area contributed by atoms with Crippen molar-refractivity contribution in [2.24, 2.45) is 0 Å². The highest BCUT2D eigenvalue weighted by Crippen LogP contribution is 2.25. The third-order valence-electron chi connectivity index (χ3n) is 4.11. The van der Waals surface area contributed by atoms with Gasteiger partial charge in [0.1, 0.15) is 5.82 Å². The van der Waals surface area contributed by atoms with Gasteiger partial charge in [0.05, 0.1) is 16.1 Å². The molecule has 3 rings (SSSR count). The minimum atomic E-state index is -0.418. The van der Waals surface area contributed by atoms with Crippen LogP contribution in [0.15, 0.2) is 12.1 Å². The predicted molar refractivity (Wildman–Crippen MR) is 82.4 cm³/mol. The SMILES string of the molecule is CCN1CCCC1Cn1c(=S)[nH]c2cc(F)c(Cl)cc21. The number of imidazole rings is 1. The summed E-state index contributed by atoms with van der Waals surface area (Å²) in [7, 11) is 0. The molecule has 108 valence electrons. The summed E-state index contributed by atoms with van der Waals surface area (Å²) in [5.74, 6) is -0.418. The molecule has 1 aliphatic rings. The zero-order valence-electron chi connectivity index (χ0n) is 11.3. The molecule has 1 aromatic carbocycles. The van der Waals surface area contributed by atoms with Gasteiger partial charge in [-0.05, 0) is 44.2 Å². The van der Waals surface area contributed by atoms with E-state index in [-0.39, 0.29) is 5.02 Å². The van der Waals surface area contributed by atoms with Crippen molar-refractivity contribution in [2.75, 3.05) is 13.1 Å². The van der Waals surface area contributed by atoms with Crippen LogP contribution in [-0.4, -0.2) is 33.6 Å². The van der Waals surface area contributed by atoms with Crippen LogP contribution in [0.4, 0.5) is 4.39 Å². The quantitative estimate of drug-likeness (QED) is 0.867. The monoisotopic (exact) mass is 313 g/mol. The molecule has 0 saturated carbocycles. The molecular formula is C14H17ClFN3S. The summed E-state index contributed by atoms with van der Waals surface area (Å²) in [5, 5.41) is 0.138. The first-order valence-electron chi connectivity index (χ1n) is 6.91. The molecule has 3 nitrogen and oxygen atoms in total. The number of nitrogens with zero attached hydrogens (tertiary/aromatic N) is 2. The van der Waals surface area contributed by atoms with E-state index in [4.69, 9.17) is 23.8 Å². The van der Waals surface area contributed by atoms with E-state index in [0.29, 0.717) is 16.3 Å². The topological polar surface area (TPSA) is 24.0 Å². The molecule has 1 N–H and O–H groups in total. The van der Waals surface area contributed by atoms with Crippen LogP contribution in [0.25, 0.3) is 11.0 Å². The van der Waals surface area contributed by atoms with Gasteiger partial charge in [-0.2, -0.15) is 0 Å². The number of likely N-dealkylation sites (N-methyl/N-ethyl adjacent to an activating group) is 1. The van der Waals surface area contributed by atoms with Crippen molar-refractivity contribution in [1.82, 2.24) is 14.5 Å². The molecule has 0 aliphatic carbocycles. The number of fused-ring (bicyclic) bond motifs is 1. The van der Waals surface area contributed by atoms with Gasteiger partial charge in [-0.15, -0.1) is 0 Å². The standard InChI is InChI=1S/C14H17ClFN3S/c1-2-18-5-3-4-9(18)8-19-13-6-10(15)11(16)7-12(13)17-14(19)20/h6-7,9H,2-5,8H2,1H3,(H,17,20). The fraction of sp³-hybridized carbons (Fsp3) is 0.500. The Labute approximate surface area is 127 Å². The lowest BCUT2D eigenvalue weighted by Gasteiger charge is -2.23. The molecule has 0 spiro atoms. The minimum Gasteiger partial charge on any atom is -0.330 e. The number of aromatic nitrogens is 2. The first-order chi connectivity index (χ1) is 9.60. The maximum atomic E-state index is 13.5. The number of rotatable bonds is 3. The van der Waals surface area contributed by atoms with Crippen LogP contribution in [0.2, 0.25) is 5.02 Å². The van der Waals surface area contributed by atoms with Crippen LogP contribution in [0.1, 0.15) is 19.8 Å². The Bertz CT molecular complexity index is 694. The summed E-state index contributed by atoms with van der Waals surface area (Å²) >= 11 is 11.3. The summed E-state index contributed by atoms with van der Waals surface area (Å²) in [6.45, 7) is 5.20. The summed E-state index contributed by atoms with van der Waals surface area (Å²) in [6, 6.07) is 3.56. The number of halogens is 2. The lowest BCUT2D eigenvalue weighted by molar-refractivity contribution is 0.245. The highest BCUT2D eigenvalue weighted by molar-refractivity contribution is 7.71. The van der Waals surface area contributed by atoms with Crippen molar-refractivity contribution in [3.05, 3.63) is 27.7 Å². The van der Waals surface area contributed by atoms with Crippen molar-refractivity contribution in [3.63, 3.8) is 0 Å². The zero-order valence-corrected chi connectivity index (χ0v) is 12.9. The summed E-state index contributed by atoms with van der Waals surface area (Å²) < 4.78 is 16.2. The number of hydrogen-bond acceptors (Lipinski definition) is 2. The molecule has 2 aromatic rings. The van der Waals surface area contributed by atoms with E-state index >= 15 is 0 Å². The van der Waals surface area contributed by atoms with E-state index in [2.05, 4.69) is 16.8 Å². The van der Waals surface area contributed by atoms with Gasteiger partial charge in [-0.3, -0.25) is 4.90 Å². The number of benzene rings is 1. The molecule has 0 bridgehead atoms. The Balaban J connectivity index is 2.01. The Morgan fingerprint density at radius 1 is 1.50 bits per heavy atom. The molecular weight excluding hydrogens is 297 g/mol. The molecule has 1 saturated heterocycles. The number of nitrogens with one attached hydrogen (secondary N) is 1. The molecule has 1 aliphatic heterocycles. The molecule has 2 heterocycles. The van der Waals surface area contributed by atoms with Crippen LogP contribution in [0.3, 0.4) is 0 Å². The van der Waals surface area contributed by atoms with E-state index in [0.717, 1.165) is 25.2 Å². The van der Waals surface area contributed by atoms with Crippen LogP contribution in [-0.2, 0) is 6.54 Å². The second-order valence-corrected chi connectivity index (χ2v) is 6.04. The summed E-state index contributed by atoms with van der Waals surface area (Å²) in [5.41, 5.74) is 1.59. The van der Waals surface area contributed by atoms with Gasteiger partial charge >= 0.3 is 0 Å². The van der Waals surface area contributed by atoms with Crippen LogP contribution in [0.5, 0.6) is 0 Å². The van der Waals surface area contributed by atoms with Gasteiger partial charge in [0, 0.05) is 18.7 Å². The van der Waals surface area contributed by atoms with Crippen molar-refractivity contribution < 1.29 is 4.39 Å². The van der Waals surface area contributed by atoms with E-state index in [1.54, 1.807) is 6.07 Å². The molecule has 6 heteroatoms. The fourth-order valence-electron chi connectivity index (χ4n) is 3.06.